The molecule has 2 N–H and O–H groups in total. The average molecular weight is 370 g/mol. The van der Waals surface area contributed by atoms with Crippen LogP contribution in [0.1, 0.15) is 37.2 Å². The first kappa shape index (κ1) is 18.4. The Labute approximate surface area is 161 Å². The molecule has 1 atom stereocenters. The molecule has 1 aromatic rings. The SMILES string of the molecule is O=C1CC[C@H](c2ccc(N3CCC(CN4CCNCC4)CC3)cc2)C(=O)N1. The van der Waals surface area contributed by atoms with E-state index in [2.05, 4.69) is 44.7 Å². The van der Waals surface area contributed by atoms with Gasteiger partial charge in [-0.25, -0.2) is 0 Å². The predicted molar refractivity (Wildman–Crippen MR) is 106 cm³/mol. The van der Waals surface area contributed by atoms with Gasteiger partial charge in [-0.15, -0.1) is 0 Å². The predicted octanol–water partition coefficient (Wildman–Crippen LogP) is 1.33. The largest absolute Gasteiger partial charge is 0.372 e. The topological polar surface area (TPSA) is 64.7 Å². The molecule has 4 rings (SSSR count). The maximum absolute atomic E-state index is 12.0. The number of imide groups is 1. The number of carbonyl (C=O) groups excluding carboxylic acids is 2. The highest BCUT2D eigenvalue weighted by Gasteiger charge is 2.28. The maximum Gasteiger partial charge on any atom is 0.234 e. The van der Waals surface area contributed by atoms with E-state index in [1.807, 2.05) is 0 Å². The first-order chi connectivity index (χ1) is 13.2. The first-order valence-corrected chi connectivity index (χ1v) is 10.3. The molecule has 0 spiro atoms. The highest BCUT2D eigenvalue weighted by molar-refractivity contribution is 6.00. The number of carbonyl (C=O) groups is 2. The van der Waals surface area contributed by atoms with Crippen LogP contribution >= 0.6 is 0 Å². The number of hydrogen-bond acceptors (Lipinski definition) is 5. The Kier molecular flexibility index (Phi) is 5.74. The van der Waals surface area contributed by atoms with Gasteiger partial charge in [-0.1, -0.05) is 12.1 Å². The molecule has 3 fully saturated rings. The van der Waals surface area contributed by atoms with Gasteiger partial charge in [0.15, 0.2) is 0 Å². The van der Waals surface area contributed by atoms with Crippen molar-refractivity contribution >= 4 is 17.5 Å². The van der Waals surface area contributed by atoms with Crippen molar-refractivity contribution < 1.29 is 9.59 Å². The number of rotatable bonds is 4. The Morgan fingerprint density at radius 3 is 2.30 bits per heavy atom. The summed E-state index contributed by atoms with van der Waals surface area (Å²) in [4.78, 5) is 28.4. The van der Waals surface area contributed by atoms with E-state index in [1.54, 1.807) is 0 Å². The van der Waals surface area contributed by atoms with Gasteiger partial charge < -0.3 is 15.1 Å². The second kappa shape index (κ2) is 8.40. The van der Waals surface area contributed by atoms with E-state index >= 15 is 0 Å². The zero-order chi connectivity index (χ0) is 18.6. The van der Waals surface area contributed by atoms with Crippen molar-refractivity contribution in [1.29, 1.82) is 0 Å². The van der Waals surface area contributed by atoms with Crippen LogP contribution in [0, 0.1) is 5.92 Å². The standard InChI is InChI=1S/C21H30N4O2/c26-20-6-5-19(21(27)23-20)17-1-3-18(4-2-17)25-11-7-16(8-12-25)15-24-13-9-22-10-14-24/h1-4,16,19,22H,5-15H2,(H,23,26,27)/t19-/m1/s1. The lowest BCUT2D eigenvalue weighted by molar-refractivity contribution is -0.134. The molecule has 0 radical (unpaired) electrons. The third-order valence-electron chi connectivity index (χ3n) is 6.24. The van der Waals surface area contributed by atoms with Crippen LogP contribution in [0.2, 0.25) is 0 Å². The molecule has 27 heavy (non-hydrogen) atoms. The third-order valence-corrected chi connectivity index (χ3v) is 6.24. The van der Waals surface area contributed by atoms with E-state index in [1.165, 1.54) is 38.2 Å². The number of nitrogens with one attached hydrogen (secondary N) is 2. The number of anilines is 1. The Balaban J connectivity index is 1.29. The molecule has 2 amide bonds. The van der Waals surface area contributed by atoms with Crippen LogP contribution < -0.4 is 15.5 Å². The van der Waals surface area contributed by atoms with Crippen molar-refractivity contribution in [3.05, 3.63) is 29.8 Å². The Hall–Kier alpha value is -1.92. The van der Waals surface area contributed by atoms with Crippen molar-refractivity contribution in [3.63, 3.8) is 0 Å². The summed E-state index contributed by atoms with van der Waals surface area (Å²) in [6.07, 6.45) is 3.54. The molecular weight excluding hydrogens is 340 g/mol. The van der Waals surface area contributed by atoms with Gasteiger partial charge >= 0.3 is 0 Å². The van der Waals surface area contributed by atoms with Gasteiger partial charge in [0.25, 0.3) is 0 Å². The van der Waals surface area contributed by atoms with Crippen LogP contribution in [0.15, 0.2) is 24.3 Å². The molecule has 0 aliphatic carbocycles. The fourth-order valence-corrected chi connectivity index (χ4v) is 4.56. The van der Waals surface area contributed by atoms with Crippen molar-refractivity contribution in [2.24, 2.45) is 5.92 Å². The van der Waals surface area contributed by atoms with Crippen LogP contribution in [-0.2, 0) is 9.59 Å². The number of hydrogen-bond donors (Lipinski definition) is 2. The summed E-state index contributed by atoms with van der Waals surface area (Å²) in [5, 5.41) is 5.87. The normalized spacial score (nSPS) is 25.5. The quantitative estimate of drug-likeness (QED) is 0.783. The lowest BCUT2D eigenvalue weighted by Crippen LogP contribution is -2.46. The summed E-state index contributed by atoms with van der Waals surface area (Å²) >= 11 is 0. The summed E-state index contributed by atoms with van der Waals surface area (Å²) in [5.74, 6) is 0.299. The summed E-state index contributed by atoms with van der Waals surface area (Å²) in [6, 6.07) is 8.38. The van der Waals surface area contributed by atoms with Crippen LogP contribution in [0.4, 0.5) is 5.69 Å². The number of benzene rings is 1. The van der Waals surface area contributed by atoms with Crippen molar-refractivity contribution in [3.8, 4) is 0 Å². The van der Waals surface area contributed by atoms with Crippen LogP contribution in [0.5, 0.6) is 0 Å². The molecule has 6 heteroatoms. The van der Waals surface area contributed by atoms with Crippen LogP contribution in [-0.4, -0.2) is 62.5 Å². The lowest BCUT2D eigenvalue weighted by atomic mass is 9.90. The van der Waals surface area contributed by atoms with Gasteiger partial charge in [0, 0.05) is 57.9 Å². The first-order valence-electron chi connectivity index (χ1n) is 10.3. The summed E-state index contributed by atoms with van der Waals surface area (Å²) in [7, 11) is 0. The van der Waals surface area contributed by atoms with E-state index in [-0.39, 0.29) is 17.7 Å². The van der Waals surface area contributed by atoms with E-state index in [4.69, 9.17) is 0 Å². The number of piperazine rings is 1. The molecule has 6 nitrogen and oxygen atoms in total. The second-order valence-corrected chi connectivity index (χ2v) is 8.08. The van der Waals surface area contributed by atoms with Crippen molar-refractivity contribution in [2.45, 2.75) is 31.6 Å². The molecule has 0 aromatic heterocycles. The zero-order valence-electron chi connectivity index (χ0n) is 16.0. The molecule has 3 saturated heterocycles. The Morgan fingerprint density at radius 2 is 1.63 bits per heavy atom. The molecule has 146 valence electrons. The molecule has 3 heterocycles. The molecule has 3 aliphatic heterocycles. The van der Waals surface area contributed by atoms with Gasteiger partial charge in [-0.05, 0) is 42.9 Å². The summed E-state index contributed by atoms with van der Waals surface area (Å²) < 4.78 is 0. The lowest BCUT2D eigenvalue weighted by Gasteiger charge is -2.37. The fraction of sp³-hybridized carbons (Fsp3) is 0.619. The van der Waals surface area contributed by atoms with Gasteiger partial charge in [0.2, 0.25) is 11.8 Å². The summed E-state index contributed by atoms with van der Waals surface area (Å²) in [5.41, 5.74) is 2.25. The molecule has 0 unspecified atom stereocenters. The van der Waals surface area contributed by atoms with Gasteiger partial charge in [0.1, 0.15) is 0 Å². The maximum atomic E-state index is 12.0. The third kappa shape index (κ3) is 4.50. The molecule has 1 aromatic carbocycles. The van der Waals surface area contributed by atoms with E-state index in [0.29, 0.717) is 12.8 Å². The number of nitrogens with zero attached hydrogens (tertiary/aromatic N) is 2. The smallest absolute Gasteiger partial charge is 0.234 e. The number of amides is 2. The second-order valence-electron chi connectivity index (χ2n) is 8.08. The highest BCUT2D eigenvalue weighted by atomic mass is 16.2. The van der Waals surface area contributed by atoms with Crippen LogP contribution in [0.25, 0.3) is 0 Å². The van der Waals surface area contributed by atoms with E-state index in [9.17, 15) is 9.59 Å². The molecule has 0 bridgehead atoms. The molecule has 0 saturated carbocycles. The van der Waals surface area contributed by atoms with E-state index < -0.39 is 0 Å². The molecular formula is C21H30N4O2. The minimum Gasteiger partial charge on any atom is -0.372 e. The Morgan fingerprint density at radius 1 is 0.926 bits per heavy atom. The minimum absolute atomic E-state index is 0.156. The Bertz CT molecular complexity index is 661. The minimum atomic E-state index is -0.193. The van der Waals surface area contributed by atoms with Crippen molar-refractivity contribution in [2.75, 3.05) is 50.7 Å². The van der Waals surface area contributed by atoms with Gasteiger partial charge in [-0.2, -0.15) is 0 Å². The zero-order valence-corrected chi connectivity index (χ0v) is 16.0. The molecule has 3 aliphatic rings. The number of piperidine rings is 2. The van der Waals surface area contributed by atoms with Gasteiger partial charge in [0.05, 0.1) is 5.92 Å². The van der Waals surface area contributed by atoms with Gasteiger partial charge in [-0.3, -0.25) is 14.9 Å². The monoisotopic (exact) mass is 370 g/mol. The average Bonchev–Trinajstić information content (AvgIpc) is 2.70. The van der Waals surface area contributed by atoms with Crippen molar-refractivity contribution in [1.82, 2.24) is 15.5 Å². The van der Waals surface area contributed by atoms with E-state index in [0.717, 1.165) is 37.7 Å². The highest BCUT2D eigenvalue weighted by Crippen LogP contribution is 2.29. The van der Waals surface area contributed by atoms with Crippen LogP contribution in [0.3, 0.4) is 0 Å². The summed E-state index contributed by atoms with van der Waals surface area (Å²) in [6.45, 7) is 8.06. The fourth-order valence-electron chi connectivity index (χ4n) is 4.56.